The summed E-state index contributed by atoms with van der Waals surface area (Å²) in [4.78, 5) is 12.6. The summed E-state index contributed by atoms with van der Waals surface area (Å²) >= 11 is 0. The van der Waals surface area contributed by atoms with Crippen LogP contribution in [0, 0.1) is 17.1 Å². The van der Waals surface area contributed by atoms with Crippen molar-refractivity contribution in [1.29, 1.82) is 5.26 Å². The molecular weight excluding hydrogens is 395 g/mol. The summed E-state index contributed by atoms with van der Waals surface area (Å²) < 4.78 is 46.8. The van der Waals surface area contributed by atoms with Crippen molar-refractivity contribution < 1.29 is 22.3 Å². The number of benzene rings is 2. The van der Waals surface area contributed by atoms with E-state index in [1.165, 1.54) is 28.6 Å². The molecule has 29 heavy (non-hydrogen) atoms. The molecule has 8 heteroatoms. The normalized spacial score (nSPS) is 18.7. The lowest BCUT2D eigenvalue weighted by Crippen LogP contribution is -2.52. The first kappa shape index (κ1) is 19.6. The maximum absolute atomic E-state index is 13.9. The molecule has 150 valence electrons. The van der Waals surface area contributed by atoms with Crippen LogP contribution in [0.15, 0.2) is 42.5 Å². The third-order valence-electron chi connectivity index (χ3n) is 5.54. The van der Waals surface area contributed by atoms with Crippen LogP contribution in [-0.4, -0.2) is 37.2 Å². The number of carbonyl (C=O) groups is 1. The summed E-state index contributed by atoms with van der Waals surface area (Å²) in [6.45, 7) is 0.408. The fourth-order valence-corrected chi connectivity index (χ4v) is 5.47. The molecule has 0 N–H and O–H groups in total. The number of nitriles is 1. The number of fused-ring (bicyclic) bond motifs is 1. The second-order valence-electron chi connectivity index (χ2n) is 7.45. The minimum Gasteiger partial charge on any atom is -0.486 e. The molecule has 2 aliphatic rings. The largest absolute Gasteiger partial charge is 0.486 e. The van der Waals surface area contributed by atoms with Crippen LogP contribution in [0.1, 0.15) is 40.7 Å². The van der Waals surface area contributed by atoms with Crippen molar-refractivity contribution in [2.24, 2.45) is 0 Å². The number of hydrogen-bond acceptors (Lipinski definition) is 5. The summed E-state index contributed by atoms with van der Waals surface area (Å²) in [6, 6.07) is 12.6. The predicted octanol–water partition coefficient (Wildman–Crippen LogP) is 3.03. The smallest absolute Gasteiger partial charge is 0.218 e. The van der Waals surface area contributed by atoms with Gasteiger partial charge in [0.05, 0.1) is 29.4 Å². The zero-order chi connectivity index (χ0) is 20.6. The predicted molar refractivity (Wildman–Crippen MR) is 103 cm³/mol. The van der Waals surface area contributed by atoms with Crippen LogP contribution < -0.4 is 4.74 Å². The van der Waals surface area contributed by atoms with Gasteiger partial charge >= 0.3 is 0 Å². The molecule has 4 rings (SSSR count). The molecule has 1 fully saturated rings. The maximum atomic E-state index is 13.9. The molecule has 0 bridgehead atoms. The number of hydrogen-bond donors (Lipinski definition) is 0. The van der Waals surface area contributed by atoms with Gasteiger partial charge in [-0.2, -0.15) is 5.26 Å². The molecule has 2 aromatic carbocycles. The van der Waals surface area contributed by atoms with Crippen molar-refractivity contribution in [3.05, 3.63) is 65.0 Å². The van der Waals surface area contributed by atoms with Crippen LogP contribution in [0.2, 0.25) is 0 Å². The number of sulfonamides is 1. The molecule has 0 saturated carbocycles. The molecule has 1 saturated heterocycles. The lowest BCUT2D eigenvalue weighted by Gasteiger charge is -2.43. The van der Waals surface area contributed by atoms with Crippen molar-refractivity contribution in [2.75, 3.05) is 13.1 Å². The number of ketones is 1. The maximum Gasteiger partial charge on any atom is 0.218 e. The minimum atomic E-state index is -3.68. The van der Waals surface area contributed by atoms with E-state index in [0.29, 0.717) is 29.7 Å². The summed E-state index contributed by atoms with van der Waals surface area (Å²) in [5.74, 6) is -0.611. The quantitative estimate of drug-likeness (QED) is 0.770. The van der Waals surface area contributed by atoms with Gasteiger partial charge in [0.25, 0.3) is 0 Å². The molecular formula is C21H19FN2O4S. The van der Waals surface area contributed by atoms with Crippen LogP contribution in [0.3, 0.4) is 0 Å². The minimum absolute atomic E-state index is 0.106. The van der Waals surface area contributed by atoms with E-state index < -0.39 is 27.2 Å². The van der Waals surface area contributed by atoms with Gasteiger partial charge in [-0.1, -0.05) is 18.2 Å². The third kappa shape index (κ3) is 3.76. The Morgan fingerprint density at radius 3 is 2.59 bits per heavy atom. The molecule has 0 aliphatic carbocycles. The standard InChI is InChI=1S/C21H19FN2O4S/c22-18-4-2-1-3-16(18)14-29(26,27)24-9-7-21(8-10-24)12-19(25)17-11-15(13-23)5-6-20(17)28-21/h1-6,11H,7-10,12,14H2. The highest BCUT2D eigenvalue weighted by molar-refractivity contribution is 7.88. The van der Waals surface area contributed by atoms with E-state index in [0.717, 1.165) is 0 Å². The lowest BCUT2D eigenvalue weighted by atomic mass is 9.83. The van der Waals surface area contributed by atoms with E-state index in [1.807, 2.05) is 6.07 Å². The third-order valence-corrected chi connectivity index (χ3v) is 7.37. The number of rotatable bonds is 3. The van der Waals surface area contributed by atoms with Crippen LogP contribution in [-0.2, 0) is 15.8 Å². The fraction of sp³-hybridized carbons (Fsp3) is 0.333. The molecule has 0 amide bonds. The number of Topliss-reactive ketones (excluding diaryl/α,β-unsaturated/α-hetero) is 1. The number of nitrogens with zero attached hydrogens (tertiary/aromatic N) is 2. The molecule has 0 atom stereocenters. The summed E-state index contributed by atoms with van der Waals surface area (Å²) in [5, 5.41) is 9.01. The van der Waals surface area contributed by atoms with Gasteiger partial charge in [0.1, 0.15) is 17.2 Å². The first-order valence-corrected chi connectivity index (χ1v) is 10.9. The molecule has 2 heterocycles. The Bertz CT molecular complexity index is 1120. The number of halogens is 1. The fourth-order valence-electron chi connectivity index (χ4n) is 3.92. The van der Waals surface area contributed by atoms with Gasteiger partial charge in [-0.3, -0.25) is 4.79 Å². The zero-order valence-corrected chi connectivity index (χ0v) is 16.4. The van der Waals surface area contributed by atoms with Crippen molar-refractivity contribution >= 4 is 15.8 Å². The van der Waals surface area contributed by atoms with Crippen molar-refractivity contribution in [3.63, 3.8) is 0 Å². The molecule has 0 radical (unpaired) electrons. The van der Waals surface area contributed by atoms with Gasteiger partial charge in [-0.15, -0.1) is 0 Å². The molecule has 0 aromatic heterocycles. The van der Waals surface area contributed by atoms with Crippen molar-refractivity contribution in [3.8, 4) is 11.8 Å². The van der Waals surface area contributed by atoms with E-state index in [2.05, 4.69) is 0 Å². The summed E-state index contributed by atoms with van der Waals surface area (Å²) in [5.41, 5.74) is 0.177. The first-order valence-electron chi connectivity index (χ1n) is 9.30. The van der Waals surface area contributed by atoms with Gasteiger partial charge in [-0.25, -0.2) is 17.1 Å². The van der Waals surface area contributed by atoms with E-state index in [-0.39, 0.29) is 30.9 Å². The van der Waals surface area contributed by atoms with Crippen LogP contribution in [0.25, 0.3) is 0 Å². The average Bonchev–Trinajstić information content (AvgIpc) is 2.70. The van der Waals surface area contributed by atoms with Gasteiger partial charge in [0.15, 0.2) is 5.78 Å². The molecule has 0 unspecified atom stereocenters. The van der Waals surface area contributed by atoms with Crippen molar-refractivity contribution in [2.45, 2.75) is 30.6 Å². The number of carbonyl (C=O) groups excluding carboxylic acids is 1. The van der Waals surface area contributed by atoms with Gasteiger partial charge in [0.2, 0.25) is 10.0 Å². The number of ether oxygens (including phenoxy) is 1. The second-order valence-corrected chi connectivity index (χ2v) is 9.42. The Morgan fingerprint density at radius 2 is 1.90 bits per heavy atom. The lowest BCUT2D eigenvalue weighted by molar-refractivity contribution is 0.00588. The van der Waals surface area contributed by atoms with E-state index in [4.69, 9.17) is 10.00 Å². The van der Waals surface area contributed by atoms with Crippen molar-refractivity contribution in [1.82, 2.24) is 4.31 Å². The van der Waals surface area contributed by atoms with Gasteiger partial charge < -0.3 is 4.74 Å². The zero-order valence-electron chi connectivity index (χ0n) is 15.6. The average molecular weight is 414 g/mol. The van der Waals surface area contributed by atoms with Gasteiger partial charge in [0, 0.05) is 31.5 Å². The van der Waals surface area contributed by atoms with Gasteiger partial charge in [-0.05, 0) is 24.3 Å². The summed E-state index contributed by atoms with van der Waals surface area (Å²) in [7, 11) is -3.68. The Balaban J connectivity index is 1.48. The molecule has 2 aromatic rings. The summed E-state index contributed by atoms with van der Waals surface area (Å²) in [6.07, 6.45) is 0.888. The SMILES string of the molecule is N#Cc1ccc2c(c1)C(=O)CC1(CCN(S(=O)(=O)Cc3ccccc3F)CC1)O2. The van der Waals surface area contributed by atoms with E-state index in [1.54, 1.807) is 18.2 Å². The first-order chi connectivity index (χ1) is 13.8. The Labute approximate surface area is 168 Å². The number of piperidine rings is 1. The highest BCUT2D eigenvalue weighted by Crippen LogP contribution is 2.40. The van der Waals surface area contributed by atoms with E-state index >= 15 is 0 Å². The Hall–Kier alpha value is -2.76. The highest BCUT2D eigenvalue weighted by Gasteiger charge is 2.44. The molecule has 6 nitrogen and oxygen atoms in total. The molecule has 1 spiro atoms. The van der Waals surface area contributed by atoms with Crippen LogP contribution in [0.5, 0.6) is 5.75 Å². The second kappa shape index (κ2) is 7.25. The molecule has 2 aliphatic heterocycles. The topological polar surface area (TPSA) is 87.5 Å². The Kier molecular flexibility index (Phi) is 4.89. The highest BCUT2D eigenvalue weighted by atomic mass is 32.2. The monoisotopic (exact) mass is 414 g/mol. The van der Waals surface area contributed by atoms with Crippen LogP contribution >= 0.6 is 0 Å². The Morgan fingerprint density at radius 1 is 1.17 bits per heavy atom. The van der Waals surface area contributed by atoms with Crippen LogP contribution in [0.4, 0.5) is 4.39 Å². The van der Waals surface area contributed by atoms with E-state index in [9.17, 15) is 17.6 Å².